The SMILES string of the molecule is COc1ccc(Br)c(C(=O)N[C@@H](c2ccccc2)c2ccccn2)c1. The Balaban J connectivity index is 1.95. The van der Waals surface area contributed by atoms with Gasteiger partial charge in [0.25, 0.3) is 5.91 Å². The molecule has 4 nitrogen and oxygen atoms in total. The Morgan fingerprint density at radius 1 is 1.08 bits per heavy atom. The minimum atomic E-state index is -0.340. The Hall–Kier alpha value is -2.66. The Bertz CT molecular complexity index is 815. The lowest BCUT2D eigenvalue weighted by atomic mass is 10.0. The van der Waals surface area contributed by atoms with Gasteiger partial charge in [-0.05, 0) is 51.8 Å². The number of rotatable bonds is 5. The molecule has 1 N–H and O–H groups in total. The van der Waals surface area contributed by atoms with Gasteiger partial charge in [0.15, 0.2) is 0 Å². The fraction of sp³-hybridized carbons (Fsp3) is 0.100. The van der Waals surface area contributed by atoms with E-state index >= 15 is 0 Å². The minimum Gasteiger partial charge on any atom is -0.497 e. The Labute approximate surface area is 155 Å². The molecule has 1 aromatic heterocycles. The first kappa shape index (κ1) is 17.2. The largest absolute Gasteiger partial charge is 0.497 e. The van der Waals surface area contributed by atoms with Crippen LogP contribution in [0.5, 0.6) is 5.75 Å². The van der Waals surface area contributed by atoms with E-state index in [1.807, 2.05) is 48.5 Å². The lowest BCUT2D eigenvalue weighted by Gasteiger charge is -2.19. The highest BCUT2D eigenvalue weighted by Gasteiger charge is 2.20. The standard InChI is InChI=1S/C20H17BrN2O2/c1-25-15-10-11-17(21)16(13-15)20(24)23-19(14-7-3-2-4-8-14)18-9-5-6-12-22-18/h2-13,19H,1H3,(H,23,24)/t19-/m0/s1. The average Bonchev–Trinajstić information content (AvgIpc) is 2.67. The summed E-state index contributed by atoms with van der Waals surface area (Å²) < 4.78 is 5.93. The van der Waals surface area contributed by atoms with E-state index in [9.17, 15) is 4.79 Å². The number of hydrogen-bond donors (Lipinski definition) is 1. The van der Waals surface area contributed by atoms with Gasteiger partial charge < -0.3 is 10.1 Å². The second-order valence-electron chi connectivity index (χ2n) is 5.42. The molecule has 0 unspecified atom stereocenters. The van der Waals surface area contributed by atoms with E-state index in [2.05, 4.69) is 26.2 Å². The number of amides is 1. The number of nitrogens with zero attached hydrogens (tertiary/aromatic N) is 1. The summed E-state index contributed by atoms with van der Waals surface area (Å²) in [5, 5.41) is 3.07. The van der Waals surface area contributed by atoms with Gasteiger partial charge in [0.05, 0.1) is 24.4 Å². The first-order chi connectivity index (χ1) is 12.2. The lowest BCUT2D eigenvalue weighted by Crippen LogP contribution is -2.30. The van der Waals surface area contributed by atoms with Gasteiger partial charge in [-0.15, -0.1) is 0 Å². The van der Waals surface area contributed by atoms with Gasteiger partial charge in [0, 0.05) is 10.7 Å². The third-order valence-electron chi connectivity index (χ3n) is 3.81. The molecule has 0 spiro atoms. The van der Waals surface area contributed by atoms with Crippen LogP contribution in [0.15, 0.2) is 77.4 Å². The van der Waals surface area contributed by atoms with E-state index in [4.69, 9.17) is 4.74 Å². The topological polar surface area (TPSA) is 51.2 Å². The molecule has 0 fully saturated rings. The number of nitrogens with one attached hydrogen (secondary N) is 1. The number of halogens is 1. The number of ether oxygens (including phenoxy) is 1. The van der Waals surface area contributed by atoms with Crippen molar-refractivity contribution < 1.29 is 9.53 Å². The van der Waals surface area contributed by atoms with E-state index in [1.165, 1.54) is 0 Å². The number of carbonyl (C=O) groups is 1. The van der Waals surface area contributed by atoms with Crippen molar-refractivity contribution in [2.45, 2.75) is 6.04 Å². The maximum Gasteiger partial charge on any atom is 0.253 e. The maximum absolute atomic E-state index is 12.9. The molecule has 126 valence electrons. The van der Waals surface area contributed by atoms with E-state index in [0.29, 0.717) is 15.8 Å². The summed E-state index contributed by atoms with van der Waals surface area (Å²) in [6.07, 6.45) is 1.72. The second kappa shape index (κ2) is 7.94. The van der Waals surface area contributed by atoms with Crippen LogP contribution in [0.2, 0.25) is 0 Å². The van der Waals surface area contributed by atoms with Crippen LogP contribution >= 0.6 is 15.9 Å². The number of hydrogen-bond acceptors (Lipinski definition) is 3. The molecule has 2 aromatic carbocycles. The van der Waals surface area contributed by atoms with Gasteiger partial charge in [0.1, 0.15) is 5.75 Å². The van der Waals surface area contributed by atoms with Crippen LogP contribution < -0.4 is 10.1 Å². The molecule has 1 amide bonds. The summed E-state index contributed by atoms with van der Waals surface area (Å²) in [5.41, 5.74) is 2.26. The molecular weight excluding hydrogens is 380 g/mol. The zero-order chi connectivity index (χ0) is 17.6. The normalized spacial score (nSPS) is 11.6. The van der Waals surface area contributed by atoms with Crippen LogP contribution in [0, 0.1) is 0 Å². The molecule has 1 atom stereocenters. The molecule has 0 aliphatic rings. The van der Waals surface area contributed by atoms with Crippen molar-refractivity contribution in [3.63, 3.8) is 0 Å². The molecule has 0 aliphatic carbocycles. The average molecular weight is 397 g/mol. The summed E-state index contributed by atoms with van der Waals surface area (Å²) in [4.78, 5) is 17.3. The van der Waals surface area contributed by atoms with Crippen LogP contribution in [-0.4, -0.2) is 18.0 Å². The second-order valence-corrected chi connectivity index (χ2v) is 6.27. The fourth-order valence-electron chi connectivity index (χ4n) is 2.53. The number of methoxy groups -OCH3 is 1. The Morgan fingerprint density at radius 3 is 2.52 bits per heavy atom. The molecule has 5 heteroatoms. The molecule has 0 radical (unpaired) electrons. The summed E-state index contributed by atoms with van der Waals surface area (Å²) in [5.74, 6) is 0.424. The number of benzene rings is 2. The maximum atomic E-state index is 12.9. The summed E-state index contributed by atoms with van der Waals surface area (Å²) in [7, 11) is 1.57. The summed E-state index contributed by atoms with van der Waals surface area (Å²) >= 11 is 3.43. The predicted octanol–water partition coefficient (Wildman–Crippen LogP) is 4.37. The lowest BCUT2D eigenvalue weighted by molar-refractivity contribution is 0.0941. The zero-order valence-corrected chi connectivity index (χ0v) is 15.2. The Kier molecular flexibility index (Phi) is 5.46. The molecule has 1 heterocycles. The third kappa shape index (κ3) is 4.06. The van der Waals surface area contributed by atoms with E-state index in [-0.39, 0.29) is 11.9 Å². The van der Waals surface area contributed by atoms with E-state index < -0.39 is 0 Å². The third-order valence-corrected chi connectivity index (χ3v) is 4.50. The van der Waals surface area contributed by atoms with Crippen molar-refractivity contribution in [2.75, 3.05) is 7.11 Å². The fourth-order valence-corrected chi connectivity index (χ4v) is 2.96. The van der Waals surface area contributed by atoms with E-state index in [0.717, 1.165) is 11.3 Å². The van der Waals surface area contributed by atoms with Crippen LogP contribution in [0.3, 0.4) is 0 Å². The molecule has 3 rings (SSSR count). The van der Waals surface area contributed by atoms with Crippen LogP contribution in [0.4, 0.5) is 0 Å². The molecule has 3 aromatic rings. The zero-order valence-electron chi connectivity index (χ0n) is 13.6. The first-order valence-electron chi connectivity index (χ1n) is 7.79. The van der Waals surface area contributed by atoms with Crippen molar-refractivity contribution in [3.8, 4) is 5.75 Å². The van der Waals surface area contributed by atoms with Crippen molar-refractivity contribution in [1.82, 2.24) is 10.3 Å². The summed E-state index contributed by atoms with van der Waals surface area (Å²) in [6, 6.07) is 20.4. The highest BCUT2D eigenvalue weighted by Crippen LogP contribution is 2.25. The predicted molar refractivity (Wildman–Crippen MR) is 101 cm³/mol. The highest BCUT2D eigenvalue weighted by molar-refractivity contribution is 9.10. The minimum absolute atomic E-state index is 0.203. The van der Waals surface area contributed by atoms with Gasteiger partial charge in [-0.25, -0.2) is 0 Å². The number of aromatic nitrogens is 1. The molecule has 0 bridgehead atoms. The smallest absolute Gasteiger partial charge is 0.253 e. The molecule has 0 saturated carbocycles. The quantitative estimate of drug-likeness (QED) is 0.696. The van der Waals surface area contributed by atoms with Crippen LogP contribution in [-0.2, 0) is 0 Å². The van der Waals surface area contributed by atoms with Crippen molar-refractivity contribution in [3.05, 3.63) is 94.2 Å². The van der Waals surface area contributed by atoms with Crippen LogP contribution in [0.25, 0.3) is 0 Å². The van der Waals surface area contributed by atoms with E-state index in [1.54, 1.807) is 31.5 Å². The number of pyridine rings is 1. The molecule has 0 aliphatic heterocycles. The van der Waals surface area contributed by atoms with Gasteiger partial charge in [-0.1, -0.05) is 36.4 Å². The molecular formula is C20H17BrN2O2. The highest BCUT2D eigenvalue weighted by atomic mass is 79.9. The van der Waals surface area contributed by atoms with Crippen molar-refractivity contribution in [1.29, 1.82) is 0 Å². The summed E-state index contributed by atoms with van der Waals surface area (Å²) in [6.45, 7) is 0. The van der Waals surface area contributed by atoms with Gasteiger partial charge in [0.2, 0.25) is 0 Å². The Morgan fingerprint density at radius 2 is 1.84 bits per heavy atom. The van der Waals surface area contributed by atoms with Gasteiger partial charge >= 0.3 is 0 Å². The molecule has 25 heavy (non-hydrogen) atoms. The number of carbonyl (C=O) groups excluding carboxylic acids is 1. The van der Waals surface area contributed by atoms with Gasteiger partial charge in [-0.2, -0.15) is 0 Å². The van der Waals surface area contributed by atoms with Crippen molar-refractivity contribution in [2.24, 2.45) is 0 Å². The van der Waals surface area contributed by atoms with Gasteiger partial charge in [-0.3, -0.25) is 9.78 Å². The van der Waals surface area contributed by atoms with Crippen molar-refractivity contribution >= 4 is 21.8 Å². The molecule has 0 saturated heterocycles. The van der Waals surface area contributed by atoms with Crippen LogP contribution in [0.1, 0.15) is 27.7 Å². The first-order valence-corrected chi connectivity index (χ1v) is 8.58. The monoisotopic (exact) mass is 396 g/mol.